The minimum atomic E-state index is -0.467. The first-order valence-corrected chi connectivity index (χ1v) is 32.8. The van der Waals surface area contributed by atoms with Gasteiger partial charge in [0.05, 0.1) is 128 Å². The molecular formula is C82H70N6O8+4. The van der Waals surface area contributed by atoms with E-state index in [4.69, 9.17) is 17.7 Å². The molecule has 16 rings (SSSR count). The number of fused-ring (bicyclic) bond motifs is 4. The van der Waals surface area contributed by atoms with Crippen molar-refractivity contribution in [3.8, 4) is 23.0 Å². The zero-order valence-corrected chi connectivity index (χ0v) is 55.6. The summed E-state index contributed by atoms with van der Waals surface area (Å²) in [5.41, 5.74) is 7.97. The van der Waals surface area contributed by atoms with Crippen molar-refractivity contribution in [2.24, 2.45) is 28.2 Å². The Morgan fingerprint density at radius 2 is 0.490 bits per heavy atom. The van der Waals surface area contributed by atoms with Crippen LogP contribution >= 0.6 is 0 Å². The summed E-state index contributed by atoms with van der Waals surface area (Å²) in [7, 11) is 7.76. The number of imide groups is 2. The number of nitrogens with zero attached hydrogens (tertiary/aromatic N) is 6. The Balaban J connectivity index is 1.12. The number of pyridine rings is 4. The van der Waals surface area contributed by atoms with Gasteiger partial charge in [-0.1, -0.05) is 116 Å². The Labute approximate surface area is 552 Å². The average molecular weight is 1270 g/mol. The third kappa shape index (κ3) is 9.05. The number of amides is 4. The van der Waals surface area contributed by atoms with Crippen molar-refractivity contribution in [1.29, 1.82) is 0 Å². The molecule has 0 spiro atoms. The second-order valence-corrected chi connectivity index (χ2v) is 27.0. The van der Waals surface area contributed by atoms with Crippen molar-refractivity contribution in [3.63, 3.8) is 0 Å². The average Bonchev–Trinajstić information content (AvgIpc) is 0.673. The molecular weight excluding hydrogens is 1200 g/mol. The molecule has 0 radical (unpaired) electrons. The number of carbonyl (C=O) groups excluding carboxylic acids is 4. The van der Waals surface area contributed by atoms with Crippen LogP contribution in [-0.4, -0.2) is 41.9 Å². The highest BCUT2D eigenvalue weighted by atomic mass is 16.4. The van der Waals surface area contributed by atoms with Crippen LogP contribution in [0.15, 0.2) is 201 Å². The number of carbonyl (C=O) groups is 4. The van der Waals surface area contributed by atoms with Gasteiger partial charge in [0.15, 0.2) is 0 Å². The number of hydrogen-bond acceptors (Lipinski definition) is 4. The fourth-order valence-corrected chi connectivity index (χ4v) is 14.9. The summed E-state index contributed by atoms with van der Waals surface area (Å²) in [5, 5.41) is 9.50. The summed E-state index contributed by atoms with van der Waals surface area (Å²) in [4.78, 5) is 67.2. The highest BCUT2D eigenvalue weighted by Gasteiger charge is 2.45. The zero-order chi connectivity index (χ0) is 66.6. The highest BCUT2D eigenvalue weighted by molar-refractivity contribution is 6.50. The van der Waals surface area contributed by atoms with E-state index in [1.54, 1.807) is 0 Å². The third-order valence-electron chi connectivity index (χ3n) is 19.5. The number of hydrogen-bond donors (Lipinski definition) is 0. The van der Waals surface area contributed by atoms with Gasteiger partial charge in [0.2, 0.25) is 0 Å². The predicted octanol–water partition coefficient (Wildman–Crippen LogP) is 17.3. The highest BCUT2D eigenvalue weighted by Crippen LogP contribution is 2.58. The molecule has 0 aliphatic carbocycles. The summed E-state index contributed by atoms with van der Waals surface area (Å²) in [5.74, 6) is -0.473. The smallest absolute Gasteiger partial charge is 0.357 e. The Bertz CT molecular complexity index is 5300. The molecule has 0 saturated heterocycles. The molecule has 96 heavy (non-hydrogen) atoms. The van der Waals surface area contributed by atoms with E-state index in [0.717, 1.165) is 54.6 Å². The molecule has 472 valence electrons. The molecule has 2 aliphatic rings. The number of benzene rings is 10. The Hall–Kier alpha value is -11.4. The quantitative estimate of drug-likeness (QED) is 0.0582. The van der Waals surface area contributed by atoms with Gasteiger partial charge >= 0.3 is 44.7 Å². The van der Waals surface area contributed by atoms with Gasteiger partial charge in [-0.3, -0.25) is 19.2 Å². The van der Waals surface area contributed by atoms with E-state index in [1.807, 2.05) is 205 Å². The lowest BCUT2D eigenvalue weighted by molar-refractivity contribution is 0.0877. The van der Waals surface area contributed by atoms with Gasteiger partial charge in [0.25, 0.3) is 23.6 Å². The van der Waals surface area contributed by atoms with Crippen molar-refractivity contribution in [2.75, 3.05) is 9.80 Å². The lowest BCUT2D eigenvalue weighted by Crippen LogP contribution is -2.41. The van der Waals surface area contributed by atoms with Crippen LogP contribution in [0.25, 0.3) is 75.4 Å². The zero-order valence-electron chi connectivity index (χ0n) is 55.6. The number of rotatable bonds is 10. The third-order valence-corrected chi connectivity index (χ3v) is 19.5. The van der Waals surface area contributed by atoms with Crippen molar-refractivity contribution in [2.45, 2.75) is 79.1 Å². The van der Waals surface area contributed by atoms with Crippen LogP contribution in [0, 0.1) is 0 Å². The van der Waals surface area contributed by atoms with Gasteiger partial charge in [-0.15, -0.1) is 0 Å². The molecule has 10 aromatic carbocycles. The standard InChI is InChI=1S/C82H70N6O8/c1-43(2)51-15-13-16-52(44(3)4)77(51)87-79(89)59-39-63(93-47-23-31-83(9)32-24-47)71-55-19-21-57-68-58(22-20-56(67(55)68)72-64(94-48-25-33-84(10)34-26-48)40-60(80(87)90)69(59)75(71)72)74-66(96-50-29-37-86(12)38-30-50)42-62-70-61(41-65(73(57)76(70)74)95-49-27-35-85(11)36-28-49)81(91)88(82(62)92)78-53(45(5)6)17-14-18-54(78)46(7)8/h13-46H,1-12H3/q+4. The molecule has 6 heterocycles. The number of para-hydroxylation sites is 2. The van der Waals surface area contributed by atoms with Crippen molar-refractivity contribution in [1.82, 2.24) is 18.3 Å². The first-order valence-electron chi connectivity index (χ1n) is 32.8. The minimum absolute atomic E-state index is 0.0361. The molecule has 2 aliphatic heterocycles. The monoisotopic (exact) mass is 1270 g/mol. The van der Waals surface area contributed by atoms with Crippen LogP contribution in [0.3, 0.4) is 0 Å². The maximum atomic E-state index is 16.1. The Morgan fingerprint density at radius 3 is 0.698 bits per heavy atom. The molecule has 4 aromatic heterocycles. The lowest BCUT2D eigenvalue weighted by Gasteiger charge is -2.32. The molecule has 4 amide bonds. The molecule has 0 unspecified atom stereocenters. The summed E-state index contributed by atoms with van der Waals surface area (Å²) in [6.07, 6.45) is 15.3. The Kier molecular flexibility index (Phi) is 13.7. The molecule has 0 atom stereocenters. The minimum Gasteiger partial charge on any atom is -0.357 e. The summed E-state index contributed by atoms with van der Waals surface area (Å²) < 4.78 is 36.6. The molecule has 0 bridgehead atoms. The SMILES string of the molecule is CC(C)c1cccc(C(C)C)c1N1C(=O)c2cc([O+]=c3ccn(C)cc3)c3c4ccc5c6c([O+]=c7ccn(C)cc7)cc7c8c(cc([O+]=c9ccn(C)cc9)c(c9ccc(c%10c([O+]=c%11ccn(C)cc%11)cc(c2c3%10)C1=O)c4c59)c86)C(=O)N(c1c(C(C)C)cccc1C(C)C)C7=O. The van der Waals surface area contributed by atoms with E-state index < -0.39 is 23.6 Å². The lowest BCUT2D eigenvalue weighted by atomic mass is 9.79. The predicted molar refractivity (Wildman–Crippen MR) is 387 cm³/mol. The van der Waals surface area contributed by atoms with E-state index in [1.165, 1.54) is 9.80 Å². The second-order valence-electron chi connectivity index (χ2n) is 27.0. The van der Waals surface area contributed by atoms with Crippen LogP contribution in [0.5, 0.6) is 23.0 Å². The summed E-state index contributed by atoms with van der Waals surface area (Å²) in [6, 6.07) is 42.8. The fraction of sp³-hybridized carbons (Fsp3) is 0.195. The maximum Gasteiger partial charge on any atom is 0.362 e. The van der Waals surface area contributed by atoms with Crippen LogP contribution in [-0.2, 0) is 28.2 Å². The van der Waals surface area contributed by atoms with Gasteiger partial charge in [0, 0.05) is 121 Å². The van der Waals surface area contributed by atoms with Crippen LogP contribution < -0.4 is 31.5 Å². The molecule has 14 nitrogen and oxygen atoms in total. The largest absolute Gasteiger partial charge is 0.362 e. The van der Waals surface area contributed by atoms with Crippen LogP contribution in [0.1, 0.15) is 143 Å². The topological polar surface area (TPSA) is 140 Å². The van der Waals surface area contributed by atoms with E-state index in [2.05, 4.69) is 79.7 Å². The van der Waals surface area contributed by atoms with Gasteiger partial charge in [-0.05, 0) is 56.7 Å². The Morgan fingerprint density at radius 1 is 0.271 bits per heavy atom. The first kappa shape index (κ1) is 59.6. The van der Waals surface area contributed by atoms with Crippen LogP contribution in [0.4, 0.5) is 11.4 Å². The van der Waals surface area contributed by atoms with E-state index in [9.17, 15) is 0 Å². The van der Waals surface area contributed by atoms with Gasteiger partial charge in [-0.25, -0.2) is 27.5 Å². The van der Waals surface area contributed by atoms with Gasteiger partial charge < -0.3 is 18.3 Å². The fourth-order valence-electron chi connectivity index (χ4n) is 14.9. The second kappa shape index (κ2) is 22.1. The van der Waals surface area contributed by atoms with E-state index in [0.29, 0.717) is 121 Å². The molecule has 0 N–H and O–H groups in total. The van der Waals surface area contributed by atoms with Crippen molar-refractivity contribution in [3.05, 3.63) is 267 Å². The van der Waals surface area contributed by atoms with Gasteiger partial charge in [-0.2, -0.15) is 0 Å². The maximum absolute atomic E-state index is 16.1. The summed E-state index contributed by atoms with van der Waals surface area (Å²) >= 11 is 0. The van der Waals surface area contributed by atoms with Gasteiger partial charge in [0.1, 0.15) is 0 Å². The number of aromatic nitrogens is 4. The molecule has 0 saturated carbocycles. The normalized spacial score (nSPS) is 13.4. The van der Waals surface area contributed by atoms with Crippen LogP contribution in [0.2, 0.25) is 0 Å². The molecule has 14 heteroatoms. The van der Waals surface area contributed by atoms with E-state index >= 15 is 19.2 Å². The summed E-state index contributed by atoms with van der Waals surface area (Å²) in [6.45, 7) is 16.6. The van der Waals surface area contributed by atoms with E-state index in [-0.39, 0.29) is 23.7 Å². The number of anilines is 2. The molecule has 14 aromatic rings. The first-order chi connectivity index (χ1) is 46.2. The van der Waals surface area contributed by atoms with Crippen molar-refractivity contribution < 1.29 is 19.2 Å². The van der Waals surface area contributed by atoms with Crippen molar-refractivity contribution >= 4 is 110 Å². The molecule has 0 fully saturated rings. The number of aryl methyl sites for hydroxylation is 4.